The van der Waals surface area contributed by atoms with Gasteiger partial charge in [-0.3, -0.25) is 4.98 Å². The number of esters is 1. The first kappa shape index (κ1) is 18.7. The van der Waals surface area contributed by atoms with E-state index in [1.807, 2.05) is 23.6 Å². The molecule has 2 aromatic heterocycles. The van der Waals surface area contributed by atoms with Crippen molar-refractivity contribution in [1.82, 2.24) is 9.97 Å². The zero-order valence-electron chi connectivity index (χ0n) is 14.8. The molecule has 2 aromatic carbocycles. The highest BCUT2D eigenvalue weighted by Gasteiger charge is 2.15. The van der Waals surface area contributed by atoms with E-state index in [1.54, 1.807) is 30.5 Å². The molecule has 29 heavy (non-hydrogen) atoms. The summed E-state index contributed by atoms with van der Waals surface area (Å²) in [6.45, 7) is 0. The monoisotopic (exact) mass is 409 g/mol. The average molecular weight is 409 g/mol. The molecule has 1 N–H and O–H groups in total. The lowest BCUT2D eigenvalue weighted by atomic mass is 10.2. The molecule has 144 valence electrons. The van der Waals surface area contributed by atoms with Gasteiger partial charge in [0.25, 0.3) is 0 Å². The molecular formula is C21H13F2N3O2S. The second kappa shape index (κ2) is 8.15. The minimum absolute atomic E-state index is 0.213. The maximum Gasteiger partial charge on any atom is 0.346 e. The maximum atomic E-state index is 13.7. The van der Waals surface area contributed by atoms with Crippen molar-refractivity contribution >= 4 is 28.1 Å². The molecule has 0 saturated carbocycles. The van der Waals surface area contributed by atoms with Crippen molar-refractivity contribution in [3.8, 4) is 17.1 Å². The summed E-state index contributed by atoms with van der Waals surface area (Å²) in [4.78, 5) is 20.9. The minimum Gasteiger partial charge on any atom is -0.423 e. The predicted octanol–water partition coefficient (Wildman–Crippen LogP) is 5.45. The highest BCUT2D eigenvalue weighted by molar-refractivity contribution is 7.14. The van der Waals surface area contributed by atoms with Gasteiger partial charge in [0, 0.05) is 29.4 Å². The van der Waals surface area contributed by atoms with Crippen LogP contribution in [0.15, 0.2) is 72.2 Å². The number of rotatable bonds is 5. The third kappa shape index (κ3) is 4.44. The van der Waals surface area contributed by atoms with Gasteiger partial charge in [-0.15, -0.1) is 11.3 Å². The normalized spacial score (nSPS) is 10.6. The van der Waals surface area contributed by atoms with Crippen LogP contribution in [0.2, 0.25) is 0 Å². The van der Waals surface area contributed by atoms with Gasteiger partial charge in [0.05, 0.1) is 11.3 Å². The van der Waals surface area contributed by atoms with Crippen LogP contribution in [0.4, 0.5) is 19.6 Å². The van der Waals surface area contributed by atoms with Crippen molar-refractivity contribution in [2.24, 2.45) is 0 Å². The Balaban J connectivity index is 1.48. The number of anilines is 2. The van der Waals surface area contributed by atoms with Crippen LogP contribution in [-0.4, -0.2) is 15.9 Å². The molecule has 2 heterocycles. The van der Waals surface area contributed by atoms with E-state index in [0.29, 0.717) is 16.9 Å². The van der Waals surface area contributed by atoms with Gasteiger partial charge in [0.15, 0.2) is 5.13 Å². The van der Waals surface area contributed by atoms with Gasteiger partial charge < -0.3 is 10.1 Å². The number of benzene rings is 2. The molecule has 0 fully saturated rings. The molecule has 0 aliphatic rings. The number of hydrogen-bond donors (Lipinski definition) is 1. The van der Waals surface area contributed by atoms with Crippen LogP contribution in [-0.2, 0) is 0 Å². The van der Waals surface area contributed by atoms with E-state index < -0.39 is 17.6 Å². The smallest absolute Gasteiger partial charge is 0.346 e. The fourth-order valence-electron chi connectivity index (χ4n) is 2.54. The molecule has 0 aliphatic heterocycles. The summed E-state index contributed by atoms with van der Waals surface area (Å²) in [6, 6.07) is 14.9. The molecular weight excluding hydrogens is 396 g/mol. The zero-order valence-corrected chi connectivity index (χ0v) is 15.6. The Labute approximate surface area is 168 Å². The van der Waals surface area contributed by atoms with Gasteiger partial charge in [0.1, 0.15) is 23.1 Å². The molecule has 0 radical (unpaired) electrons. The van der Waals surface area contributed by atoms with E-state index in [2.05, 4.69) is 15.3 Å². The Morgan fingerprint density at radius 2 is 1.90 bits per heavy atom. The van der Waals surface area contributed by atoms with Crippen molar-refractivity contribution in [1.29, 1.82) is 0 Å². The van der Waals surface area contributed by atoms with E-state index >= 15 is 0 Å². The summed E-state index contributed by atoms with van der Waals surface area (Å²) in [5.41, 5.74) is 1.80. The molecule has 0 amide bonds. The third-order valence-electron chi connectivity index (χ3n) is 3.88. The van der Waals surface area contributed by atoms with E-state index in [1.165, 1.54) is 11.3 Å². The maximum absolute atomic E-state index is 13.7. The highest BCUT2D eigenvalue weighted by Crippen LogP contribution is 2.27. The van der Waals surface area contributed by atoms with Gasteiger partial charge in [-0.1, -0.05) is 12.1 Å². The Morgan fingerprint density at radius 3 is 2.69 bits per heavy atom. The van der Waals surface area contributed by atoms with Crippen LogP contribution in [0.25, 0.3) is 11.4 Å². The van der Waals surface area contributed by atoms with Crippen LogP contribution in [0.5, 0.6) is 5.75 Å². The molecule has 0 saturated heterocycles. The lowest BCUT2D eigenvalue weighted by molar-refractivity contribution is 0.0730. The number of thiazole rings is 1. The Kier molecular flexibility index (Phi) is 5.26. The molecule has 5 nitrogen and oxygen atoms in total. The standard InChI is InChI=1S/C21H13F2N3O2S/c22-13-7-8-16(17(23)10-13)20(27)28-15-5-3-4-14(11-15)25-21-26-19(12-29-21)18-6-1-2-9-24-18/h1-12H,(H,25,26). The first-order valence-electron chi connectivity index (χ1n) is 8.50. The molecule has 0 bridgehead atoms. The van der Waals surface area contributed by atoms with E-state index in [4.69, 9.17) is 4.74 Å². The number of carbonyl (C=O) groups excluding carboxylic acids is 1. The zero-order chi connectivity index (χ0) is 20.2. The molecule has 0 spiro atoms. The van der Waals surface area contributed by atoms with Crippen LogP contribution in [0.3, 0.4) is 0 Å². The second-order valence-corrected chi connectivity index (χ2v) is 6.78. The molecule has 4 rings (SSSR count). The van der Waals surface area contributed by atoms with E-state index in [-0.39, 0.29) is 11.3 Å². The second-order valence-electron chi connectivity index (χ2n) is 5.92. The Morgan fingerprint density at radius 1 is 1.00 bits per heavy atom. The quantitative estimate of drug-likeness (QED) is 0.351. The number of nitrogens with zero attached hydrogens (tertiary/aromatic N) is 2. The first-order valence-corrected chi connectivity index (χ1v) is 9.38. The van der Waals surface area contributed by atoms with Gasteiger partial charge in [-0.25, -0.2) is 18.6 Å². The largest absolute Gasteiger partial charge is 0.423 e. The molecule has 0 unspecified atom stereocenters. The number of aromatic nitrogens is 2. The number of hydrogen-bond acceptors (Lipinski definition) is 6. The van der Waals surface area contributed by atoms with E-state index in [0.717, 1.165) is 23.5 Å². The van der Waals surface area contributed by atoms with Crippen LogP contribution < -0.4 is 10.1 Å². The lowest BCUT2D eigenvalue weighted by Gasteiger charge is -2.08. The topological polar surface area (TPSA) is 64.1 Å². The van der Waals surface area contributed by atoms with Crippen molar-refractivity contribution in [3.05, 3.63) is 89.4 Å². The molecule has 8 heteroatoms. The number of ether oxygens (including phenoxy) is 1. The summed E-state index contributed by atoms with van der Waals surface area (Å²) in [6.07, 6.45) is 1.70. The van der Waals surface area contributed by atoms with Crippen molar-refractivity contribution < 1.29 is 18.3 Å². The molecule has 0 atom stereocenters. The first-order chi connectivity index (χ1) is 14.1. The summed E-state index contributed by atoms with van der Waals surface area (Å²) in [5.74, 6) is -2.44. The lowest BCUT2D eigenvalue weighted by Crippen LogP contribution is -2.11. The summed E-state index contributed by atoms with van der Waals surface area (Å²) in [7, 11) is 0. The van der Waals surface area contributed by atoms with Crippen molar-refractivity contribution in [2.75, 3.05) is 5.32 Å². The molecule has 0 aliphatic carbocycles. The van der Waals surface area contributed by atoms with Crippen LogP contribution in [0.1, 0.15) is 10.4 Å². The number of pyridine rings is 1. The predicted molar refractivity (Wildman–Crippen MR) is 106 cm³/mol. The summed E-state index contributed by atoms with van der Waals surface area (Å²) in [5, 5.41) is 5.65. The van der Waals surface area contributed by atoms with Crippen LogP contribution in [0, 0.1) is 11.6 Å². The highest BCUT2D eigenvalue weighted by atomic mass is 32.1. The number of halogens is 2. The van der Waals surface area contributed by atoms with Crippen LogP contribution >= 0.6 is 11.3 Å². The summed E-state index contributed by atoms with van der Waals surface area (Å²) < 4.78 is 32.0. The van der Waals surface area contributed by atoms with Gasteiger partial charge in [0.2, 0.25) is 0 Å². The van der Waals surface area contributed by atoms with Crippen molar-refractivity contribution in [2.45, 2.75) is 0 Å². The van der Waals surface area contributed by atoms with Crippen molar-refractivity contribution in [3.63, 3.8) is 0 Å². The Hall–Kier alpha value is -3.65. The van der Waals surface area contributed by atoms with Gasteiger partial charge in [-0.05, 0) is 36.4 Å². The van der Waals surface area contributed by atoms with Gasteiger partial charge in [-0.2, -0.15) is 0 Å². The summed E-state index contributed by atoms with van der Waals surface area (Å²) >= 11 is 1.40. The minimum atomic E-state index is -0.978. The fourth-order valence-corrected chi connectivity index (χ4v) is 3.27. The number of nitrogens with one attached hydrogen (secondary N) is 1. The molecule has 4 aromatic rings. The number of carbonyl (C=O) groups is 1. The third-order valence-corrected chi connectivity index (χ3v) is 4.64. The van der Waals surface area contributed by atoms with Gasteiger partial charge >= 0.3 is 5.97 Å². The van der Waals surface area contributed by atoms with E-state index in [9.17, 15) is 13.6 Å². The fraction of sp³-hybridized carbons (Fsp3) is 0. The average Bonchev–Trinajstić information content (AvgIpc) is 3.17. The SMILES string of the molecule is O=C(Oc1cccc(Nc2nc(-c3ccccn3)cs2)c1)c1ccc(F)cc1F. The Bertz CT molecular complexity index is 1170.